The van der Waals surface area contributed by atoms with Gasteiger partial charge in [0.25, 0.3) is 5.91 Å². The van der Waals surface area contributed by atoms with Crippen molar-refractivity contribution in [2.24, 2.45) is 0 Å². The molecule has 0 bridgehead atoms. The second-order valence-electron chi connectivity index (χ2n) is 7.52. The number of ether oxygens (including phenoxy) is 2. The second kappa shape index (κ2) is 8.84. The molecule has 156 valence electrons. The highest BCUT2D eigenvalue weighted by atomic mass is 35.5. The third-order valence-electron chi connectivity index (χ3n) is 5.50. The summed E-state index contributed by atoms with van der Waals surface area (Å²) < 4.78 is 13.0. The Bertz CT molecular complexity index is 1050. The molecular formula is C24H25ClN2O3. The van der Waals surface area contributed by atoms with Crippen LogP contribution in [0.3, 0.4) is 0 Å². The Kier molecular flexibility index (Phi) is 6.00. The molecule has 2 heterocycles. The number of rotatable bonds is 7. The fourth-order valence-corrected chi connectivity index (χ4v) is 3.81. The summed E-state index contributed by atoms with van der Waals surface area (Å²) >= 11 is 6.14. The Morgan fingerprint density at radius 1 is 1.13 bits per heavy atom. The first-order chi connectivity index (χ1) is 14.5. The van der Waals surface area contributed by atoms with Gasteiger partial charge in [-0.25, -0.2) is 0 Å². The van der Waals surface area contributed by atoms with E-state index in [-0.39, 0.29) is 18.7 Å². The van der Waals surface area contributed by atoms with Gasteiger partial charge in [-0.1, -0.05) is 30.7 Å². The number of fused-ring (bicyclic) bond motifs is 1. The lowest BCUT2D eigenvalue weighted by molar-refractivity contribution is 0.0666. The van der Waals surface area contributed by atoms with Crippen molar-refractivity contribution in [2.45, 2.75) is 39.4 Å². The van der Waals surface area contributed by atoms with Gasteiger partial charge in [0.15, 0.2) is 11.5 Å². The van der Waals surface area contributed by atoms with Crippen LogP contribution in [0.4, 0.5) is 0 Å². The van der Waals surface area contributed by atoms with Crippen molar-refractivity contribution < 1.29 is 14.3 Å². The van der Waals surface area contributed by atoms with E-state index in [4.69, 9.17) is 21.1 Å². The van der Waals surface area contributed by atoms with Crippen molar-refractivity contribution in [1.29, 1.82) is 0 Å². The Balaban J connectivity index is 1.57. The number of halogens is 1. The highest BCUT2D eigenvalue weighted by Gasteiger charge is 2.24. The molecule has 0 radical (unpaired) electrons. The van der Waals surface area contributed by atoms with Crippen LogP contribution in [0.1, 0.15) is 41.9 Å². The van der Waals surface area contributed by atoms with Crippen molar-refractivity contribution in [3.05, 3.63) is 82.6 Å². The number of benzene rings is 2. The van der Waals surface area contributed by atoms with E-state index in [1.165, 1.54) is 0 Å². The molecule has 1 amide bonds. The molecule has 30 heavy (non-hydrogen) atoms. The van der Waals surface area contributed by atoms with Crippen LogP contribution in [0.15, 0.2) is 60.8 Å². The third-order valence-corrected chi connectivity index (χ3v) is 5.74. The van der Waals surface area contributed by atoms with Crippen LogP contribution in [-0.2, 0) is 13.1 Å². The van der Waals surface area contributed by atoms with Crippen LogP contribution in [0.5, 0.6) is 11.5 Å². The Morgan fingerprint density at radius 2 is 1.97 bits per heavy atom. The number of carbonyl (C=O) groups is 1. The molecule has 3 aromatic rings. The van der Waals surface area contributed by atoms with Crippen LogP contribution < -0.4 is 9.47 Å². The van der Waals surface area contributed by atoms with E-state index in [1.54, 1.807) is 18.2 Å². The van der Waals surface area contributed by atoms with Gasteiger partial charge < -0.3 is 18.9 Å². The maximum atomic E-state index is 13.4. The van der Waals surface area contributed by atoms with E-state index < -0.39 is 0 Å². The largest absolute Gasteiger partial charge is 0.454 e. The Hall–Kier alpha value is -2.92. The minimum absolute atomic E-state index is 0.0156. The lowest BCUT2D eigenvalue weighted by atomic mass is 10.1. The summed E-state index contributed by atoms with van der Waals surface area (Å²) in [5.74, 6) is 1.28. The Labute approximate surface area is 181 Å². The predicted octanol–water partition coefficient (Wildman–Crippen LogP) is 5.36. The number of hydrogen-bond acceptors (Lipinski definition) is 3. The van der Waals surface area contributed by atoms with Crippen molar-refractivity contribution >= 4 is 17.5 Å². The minimum atomic E-state index is -0.0156. The number of nitrogens with zero attached hydrogens (tertiary/aromatic N) is 2. The van der Waals surface area contributed by atoms with Gasteiger partial charge in [-0.2, -0.15) is 0 Å². The van der Waals surface area contributed by atoms with Crippen LogP contribution in [0, 0.1) is 0 Å². The smallest absolute Gasteiger partial charge is 0.254 e. The summed E-state index contributed by atoms with van der Waals surface area (Å²) in [4.78, 5) is 15.3. The van der Waals surface area contributed by atoms with Gasteiger partial charge in [0, 0.05) is 35.1 Å². The van der Waals surface area contributed by atoms with Gasteiger partial charge in [-0.15, -0.1) is 0 Å². The van der Waals surface area contributed by atoms with Crippen LogP contribution >= 0.6 is 11.6 Å². The molecule has 2 aromatic carbocycles. The lowest BCUT2D eigenvalue weighted by Crippen LogP contribution is -2.38. The predicted molar refractivity (Wildman–Crippen MR) is 117 cm³/mol. The first kappa shape index (κ1) is 20.4. The lowest BCUT2D eigenvalue weighted by Gasteiger charge is -2.29. The van der Waals surface area contributed by atoms with E-state index in [9.17, 15) is 4.79 Å². The molecule has 0 fully saturated rings. The molecule has 1 atom stereocenters. The molecule has 0 spiro atoms. The van der Waals surface area contributed by atoms with Gasteiger partial charge in [-0.3, -0.25) is 4.79 Å². The molecule has 6 heteroatoms. The third kappa shape index (κ3) is 4.31. The molecule has 4 rings (SSSR count). The highest BCUT2D eigenvalue weighted by Crippen LogP contribution is 2.33. The monoisotopic (exact) mass is 424 g/mol. The van der Waals surface area contributed by atoms with Crippen LogP contribution in [0.25, 0.3) is 0 Å². The molecule has 0 saturated heterocycles. The quantitative estimate of drug-likeness (QED) is 0.512. The summed E-state index contributed by atoms with van der Waals surface area (Å²) in [6, 6.07) is 17.4. The maximum Gasteiger partial charge on any atom is 0.254 e. The van der Waals surface area contributed by atoms with Crippen molar-refractivity contribution in [2.75, 3.05) is 6.79 Å². The zero-order chi connectivity index (χ0) is 21.1. The molecule has 1 aliphatic heterocycles. The fraction of sp³-hybridized carbons (Fsp3) is 0.292. The van der Waals surface area contributed by atoms with Crippen LogP contribution in [-0.4, -0.2) is 28.2 Å². The summed E-state index contributed by atoms with van der Waals surface area (Å²) in [5.41, 5.74) is 2.80. The first-order valence-corrected chi connectivity index (χ1v) is 10.5. The molecule has 5 nitrogen and oxygen atoms in total. The van der Waals surface area contributed by atoms with Gasteiger partial charge in [0.05, 0.1) is 6.54 Å². The van der Waals surface area contributed by atoms with E-state index in [0.29, 0.717) is 30.2 Å². The van der Waals surface area contributed by atoms with Crippen LogP contribution in [0.2, 0.25) is 5.02 Å². The van der Waals surface area contributed by atoms with Crippen molar-refractivity contribution in [1.82, 2.24) is 9.47 Å². The molecule has 1 aliphatic rings. The van der Waals surface area contributed by atoms with Crippen molar-refractivity contribution in [3.63, 3.8) is 0 Å². The average molecular weight is 425 g/mol. The second-order valence-corrected chi connectivity index (χ2v) is 7.95. The zero-order valence-electron chi connectivity index (χ0n) is 17.2. The van der Waals surface area contributed by atoms with E-state index >= 15 is 0 Å². The summed E-state index contributed by atoms with van der Waals surface area (Å²) in [5, 5.41) is 0.723. The highest BCUT2D eigenvalue weighted by molar-refractivity contribution is 6.30. The first-order valence-electron chi connectivity index (χ1n) is 10.1. The van der Waals surface area contributed by atoms with Gasteiger partial charge in [-0.05, 0) is 61.4 Å². The summed E-state index contributed by atoms with van der Waals surface area (Å²) in [6.45, 7) is 5.59. The molecule has 0 unspecified atom stereocenters. The SMILES string of the molecule is CC[C@H](C)N(Cc1cccn1Cc1cccc(Cl)c1)C(=O)c1ccc2c(c1)OCO2. The van der Waals surface area contributed by atoms with E-state index in [2.05, 4.69) is 30.5 Å². The van der Waals surface area contributed by atoms with Gasteiger partial charge >= 0.3 is 0 Å². The maximum absolute atomic E-state index is 13.4. The van der Waals surface area contributed by atoms with Crippen molar-refractivity contribution in [3.8, 4) is 11.5 Å². The number of carbonyl (C=O) groups excluding carboxylic acids is 1. The molecule has 0 saturated carbocycles. The van der Waals surface area contributed by atoms with E-state index in [0.717, 1.165) is 22.7 Å². The molecule has 0 aliphatic carbocycles. The normalized spacial score (nSPS) is 13.3. The summed E-state index contributed by atoms with van der Waals surface area (Å²) in [7, 11) is 0. The standard InChI is InChI=1S/C24H25ClN2O3/c1-3-17(2)27(24(28)19-9-10-22-23(13-19)30-16-29-22)15-21-8-5-11-26(21)14-18-6-4-7-20(25)12-18/h4-13,17H,3,14-16H2,1-2H3/t17-/m0/s1. The topological polar surface area (TPSA) is 43.7 Å². The zero-order valence-corrected chi connectivity index (χ0v) is 17.9. The minimum Gasteiger partial charge on any atom is -0.454 e. The number of aromatic nitrogens is 1. The van der Waals surface area contributed by atoms with E-state index in [1.807, 2.05) is 35.4 Å². The Morgan fingerprint density at radius 3 is 2.77 bits per heavy atom. The van der Waals surface area contributed by atoms with Gasteiger partial charge in [0.2, 0.25) is 6.79 Å². The molecule has 0 N–H and O–H groups in total. The average Bonchev–Trinajstić information content (AvgIpc) is 3.39. The number of hydrogen-bond donors (Lipinski definition) is 0. The number of amides is 1. The molecular weight excluding hydrogens is 400 g/mol. The summed E-state index contributed by atoms with van der Waals surface area (Å²) in [6.07, 6.45) is 2.90. The van der Waals surface area contributed by atoms with Gasteiger partial charge in [0.1, 0.15) is 0 Å². The molecule has 1 aromatic heterocycles. The fourth-order valence-electron chi connectivity index (χ4n) is 3.60.